The number of rotatable bonds is 6. The first-order chi connectivity index (χ1) is 8.82. The zero-order chi connectivity index (χ0) is 14.5. The molecule has 0 saturated heterocycles. The molecule has 1 unspecified atom stereocenters. The Morgan fingerprint density at radius 3 is 2.21 bits per heavy atom. The lowest BCUT2D eigenvalue weighted by Gasteiger charge is -2.30. The molecule has 0 bridgehead atoms. The molecule has 3 nitrogen and oxygen atoms in total. The van der Waals surface area contributed by atoms with E-state index in [-0.39, 0.29) is 5.60 Å². The number of hydrogen-bond acceptors (Lipinski definition) is 2. The topological polar surface area (TPSA) is 46.5 Å². The van der Waals surface area contributed by atoms with Crippen molar-refractivity contribution in [2.45, 2.75) is 51.6 Å². The molecule has 1 N–H and O–H groups in total. The van der Waals surface area contributed by atoms with Crippen molar-refractivity contribution in [1.29, 1.82) is 0 Å². The Morgan fingerprint density at radius 1 is 1.21 bits per heavy atom. The fraction of sp³-hybridized carbons (Fsp3) is 0.562. The van der Waals surface area contributed by atoms with Crippen LogP contribution in [0, 0.1) is 0 Å². The molecule has 3 heteroatoms. The van der Waals surface area contributed by atoms with Crippen molar-refractivity contribution in [3.8, 4) is 0 Å². The molecule has 0 aliphatic heterocycles. The van der Waals surface area contributed by atoms with E-state index in [2.05, 4.69) is 0 Å². The molecular weight excluding hydrogens is 240 g/mol. The summed E-state index contributed by atoms with van der Waals surface area (Å²) < 4.78 is 5.70. The van der Waals surface area contributed by atoms with Gasteiger partial charge in [-0.25, -0.2) is 0 Å². The SMILES string of the molecule is CCC(CCOC(C)(C)C)(C(=O)O)c1ccccc1. The number of hydrogen-bond donors (Lipinski definition) is 1. The summed E-state index contributed by atoms with van der Waals surface area (Å²) in [6.07, 6.45) is 1.04. The van der Waals surface area contributed by atoms with E-state index in [4.69, 9.17) is 4.74 Å². The van der Waals surface area contributed by atoms with Crippen LogP contribution in [0.4, 0.5) is 0 Å². The van der Waals surface area contributed by atoms with Gasteiger partial charge in [-0.3, -0.25) is 4.79 Å². The molecule has 1 aromatic carbocycles. The minimum atomic E-state index is -0.855. The summed E-state index contributed by atoms with van der Waals surface area (Å²) in [5, 5.41) is 9.65. The summed E-state index contributed by atoms with van der Waals surface area (Å²) in [4.78, 5) is 11.8. The Morgan fingerprint density at radius 2 is 1.79 bits per heavy atom. The maximum Gasteiger partial charge on any atom is 0.314 e. The van der Waals surface area contributed by atoms with E-state index >= 15 is 0 Å². The Kier molecular flexibility index (Phi) is 5.12. The average molecular weight is 264 g/mol. The van der Waals surface area contributed by atoms with Crippen LogP contribution in [0.25, 0.3) is 0 Å². The van der Waals surface area contributed by atoms with Gasteiger partial charge in [0.1, 0.15) is 0 Å². The third-order valence-corrected chi connectivity index (χ3v) is 3.40. The zero-order valence-corrected chi connectivity index (χ0v) is 12.3. The molecule has 106 valence electrons. The van der Waals surface area contributed by atoms with Crippen LogP contribution < -0.4 is 0 Å². The maximum atomic E-state index is 11.8. The van der Waals surface area contributed by atoms with E-state index < -0.39 is 11.4 Å². The van der Waals surface area contributed by atoms with Crippen molar-refractivity contribution >= 4 is 5.97 Å². The van der Waals surface area contributed by atoms with Crippen LogP contribution in [0.3, 0.4) is 0 Å². The van der Waals surface area contributed by atoms with Crippen LogP contribution in [0.15, 0.2) is 30.3 Å². The minimum absolute atomic E-state index is 0.241. The van der Waals surface area contributed by atoms with E-state index in [1.807, 2.05) is 58.0 Å². The van der Waals surface area contributed by atoms with Gasteiger partial charge in [0.15, 0.2) is 0 Å². The highest BCUT2D eigenvalue weighted by Gasteiger charge is 2.38. The van der Waals surface area contributed by atoms with Crippen LogP contribution in [0.5, 0.6) is 0 Å². The predicted molar refractivity (Wildman–Crippen MR) is 76.4 cm³/mol. The van der Waals surface area contributed by atoms with E-state index in [0.29, 0.717) is 19.4 Å². The van der Waals surface area contributed by atoms with Crippen molar-refractivity contribution in [3.63, 3.8) is 0 Å². The summed E-state index contributed by atoms with van der Waals surface area (Å²) in [5.74, 6) is -0.779. The first kappa shape index (κ1) is 15.7. The molecule has 0 aromatic heterocycles. The fourth-order valence-corrected chi connectivity index (χ4v) is 2.20. The van der Waals surface area contributed by atoms with Crippen LogP contribution in [-0.2, 0) is 14.9 Å². The third-order valence-electron chi connectivity index (χ3n) is 3.40. The molecule has 0 aliphatic carbocycles. The number of carboxylic acids is 1. The second-order valence-electron chi connectivity index (χ2n) is 5.82. The van der Waals surface area contributed by atoms with Crippen LogP contribution in [0.2, 0.25) is 0 Å². The lowest BCUT2D eigenvalue weighted by molar-refractivity contribution is -0.145. The van der Waals surface area contributed by atoms with Gasteiger partial charge in [0, 0.05) is 6.61 Å². The highest BCUT2D eigenvalue weighted by molar-refractivity contribution is 5.81. The quantitative estimate of drug-likeness (QED) is 0.853. The van der Waals surface area contributed by atoms with Gasteiger partial charge in [0.2, 0.25) is 0 Å². The lowest BCUT2D eigenvalue weighted by Crippen LogP contribution is -2.37. The second-order valence-corrected chi connectivity index (χ2v) is 5.82. The van der Waals surface area contributed by atoms with Crippen molar-refractivity contribution in [3.05, 3.63) is 35.9 Å². The number of benzene rings is 1. The summed E-state index contributed by atoms with van der Waals surface area (Å²) in [7, 11) is 0. The van der Waals surface area contributed by atoms with E-state index in [9.17, 15) is 9.90 Å². The van der Waals surface area contributed by atoms with Crippen molar-refractivity contribution < 1.29 is 14.6 Å². The van der Waals surface area contributed by atoms with Crippen molar-refractivity contribution in [2.75, 3.05) is 6.61 Å². The van der Waals surface area contributed by atoms with Gasteiger partial charge in [-0.15, -0.1) is 0 Å². The second kappa shape index (κ2) is 6.20. The molecule has 0 amide bonds. The molecule has 1 atom stereocenters. The van der Waals surface area contributed by atoms with Gasteiger partial charge in [-0.05, 0) is 39.2 Å². The summed E-state index contributed by atoms with van der Waals surface area (Å²) >= 11 is 0. The smallest absolute Gasteiger partial charge is 0.314 e. The fourth-order valence-electron chi connectivity index (χ4n) is 2.20. The monoisotopic (exact) mass is 264 g/mol. The van der Waals surface area contributed by atoms with Gasteiger partial charge in [0.25, 0.3) is 0 Å². The lowest BCUT2D eigenvalue weighted by atomic mass is 9.75. The Labute approximate surface area is 115 Å². The highest BCUT2D eigenvalue weighted by atomic mass is 16.5. The summed E-state index contributed by atoms with van der Waals surface area (Å²) in [6, 6.07) is 9.43. The molecule has 0 radical (unpaired) electrons. The number of ether oxygens (including phenoxy) is 1. The minimum Gasteiger partial charge on any atom is -0.481 e. The molecule has 0 aliphatic rings. The van der Waals surface area contributed by atoms with Crippen molar-refractivity contribution in [1.82, 2.24) is 0 Å². The van der Waals surface area contributed by atoms with Crippen LogP contribution in [-0.4, -0.2) is 23.3 Å². The molecule has 0 fully saturated rings. The Hall–Kier alpha value is -1.35. The first-order valence-corrected chi connectivity index (χ1v) is 6.75. The highest BCUT2D eigenvalue weighted by Crippen LogP contribution is 2.32. The number of aliphatic carboxylic acids is 1. The van der Waals surface area contributed by atoms with E-state index in [0.717, 1.165) is 5.56 Å². The van der Waals surface area contributed by atoms with Crippen molar-refractivity contribution in [2.24, 2.45) is 0 Å². The predicted octanol–water partition coefficient (Wildman–Crippen LogP) is 3.62. The van der Waals surface area contributed by atoms with Crippen LogP contribution >= 0.6 is 0 Å². The van der Waals surface area contributed by atoms with E-state index in [1.54, 1.807) is 0 Å². The standard InChI is InChI=1S/C16H24O3/c1-5-16(14(17)18,11-12-19-15(2,3)4)13-9-7-6-8-10-13/h6-10H,5,11-12H2,1-4H3,(H,17,18). The normalized spacial score (nSPS) is 14.9. The van der Waals surface area contributed by atoms with Gasteiger partial charge in [0.05, 0.1) is 11.0 Å². The van der Waals surface area contributed by atoms with E-state index in [1.165, 1.54) is 0 Å². The number of carbonyl (C=O) groups is 1. The summed E-state index contributed by atoms with van der Waals surface area (Å²) in [6.45, 7) is 8.29. The van der Waals surface area contributed by atoms with Gasteiger partial charge < -0.3 is 9.84 Å². The summed E-state index contributed by atoms with van der Waals surface area (Å²) in [5.41, 5.74) is -0.247. The molecule has 1 aromatic rings. The molecule has 0 saturated carbocycles. The zero-order valence-electron chi connectivity index (χ0n) is 12.3. The maximum absolute atomic E-state index is 11.8. The number of carboxylic acid groups (broad SMARTS) is 1. The van der Waals surface area contributed by atoms with Gasteiger partial charge in [-0.1, -0.05) is 37.3 Å². The molecular formula is C16H24O3. The average Bonchev–Trinajstić information content (AvgIpc) is 2.34. The third kappa shape index (κ3) is 4.06. The Bertz CT molecular complexity index is 406. The molecule has 19 heavy (non-hydrogen) atoms. The largest absolute Gasteiger partial charge is 0.481 e. The molecule has 0 spiro atoms. The van der Waals surface area contributed by atoms with Gasteiger partial charge >= 0.3 is 5.97 Å². The molecule has 0 heterocycles. The first-order valence-electron chi connectivity index (χ1n) is 6.75. The Balaban J connectivity index is 2.92. The van der Waals surface area contributed by atoms with Crippen LogP contribution in [0.1, 0.15) is 46.1 Å². The van der Waals surface area contributed by atoms with Gasteiger partial charge in [-0.2, -0.15) is 0 Å². The molecule has 1 rings (SSSR count).